The molecule has 3 heteroatoms. The van der Waals surface area contributed by atoms with E-state index in [2.05, 4.69) is 11.2 Å². The zero-order valence-corrected chi connectivity index (χ0v) is 6.68. The average molecular weight is 153 g/mol. The maximum absolute atomic E-state index is 10.7. The number of cyclic esters (lactones) is 1. The fourth-order valence-electron chi connectivity index (χ4n) is 0.961. The Hall–Kier alpha value is -1.17. The Kier molecular flexibility index (Phi) is 1.77. The van der Waals surface area contributed by atoms with E-state index in [0.29, 0.717) is 6.54 Å². The van der Waals surface area contributed by atoms with Crippen LogP contribution in [0.1, 0.15) is 13.8 Å². The first-order chi connectivity index (χ1) is 5.06. The van der Waals surface area contributed by atoms with Crippen LogP contribution in [0.3, 0.4) is 0 Å². The van der Waals surface area contributed by atoms with Crippen LogP contribution in [0.25, 0.3) is 0 Å². The Morgan fingerprint density at radius 1 is 1.82 bits per heavy atom. The van der Waals surface area contributed by atoms with Gasteiger partial charge in [0.25, 0.3) is 0 Å². The SMILES string of the molecule is C#C[C@H]1OC(=O)NCC1(C)C. The van der Waals surface area contributed by atoms with Crippen molar-refractivity contribution in [3.8, 4) is 12.3 Å². The van der Waals surface area contributed by atoms with Gasteiger partial charge in [-0.2, -0.15) is 0 Å². The van der Waals surface area contributed by atoms with E-state index >= 15 is 0 Å². The number of hydrogen-bond acceptors (Lipinski definition) is 2. The van der Waals surface area contributed by atoms with E-state index in [1.165, 1.54) is 0 Å². The Balaban J connectivity index is 2.73. The summed E-state index contributed by atoms with van der Waals surface area (Å²) in [5, 5.41) is 2.58. The second kappa shape index (κ2) is 2.46. The summed E-state index contributed by atoms with van der Waals surface area (Å²) in [4.78, 5) is 10.7. The Bertz CT molecular complexity index is 215. The van der Waals surface area contributed by atoms with E-state index in [1.807, 2.05) is 13.8 Å². The van der Waals surface area contributed by atoms with Crippen LogP contribution in [0.4, 0.5) is 4.79 Å². The molecule has 1 amide bonds. The van der Waals surface area contributed by atoms with Crippen molar-refractivity contribution in [3.05, 3.63) is 0 Å². The molecule has 0 radical (unpaired) electrons. The molecular formula is C8H11NO2. The zero-order valence-electron chi connectivity index (χ0n) is 6.68. The molecule has 0 bridgehead atoms. The average Bonchev–Trinajstić information content (AvgIpc) is 1.94. The minimum Gasteiger partial charge on any atom is -0.432 e. The molecule has 1 fully saturated rings. The van der Waals surface area contributed by atoms with Crippen molar-refractivity contribution in [1.82, 2.24) is 5.32 Å². The number of rotatable bonds is 0. The summed E-state index contributed by atoms with van der Waals surface area (Å²) < 4.78 is 4.86. The van der Waals surface area contributed by atoms with Crippen molar-refractivity contribution in [2.45, 2.75) is 20.0 Å². The normalized spacial score (nSPS) is 28.1. The largest absolute Gasteiger partial charge is 0.432 e. The monoisotopic (exact) mass is 153 g/mol. The van der Waals surface area contributed by atoms with E-state index in [4.69, 9.17) is 11.2 Å². The van der Waals surface area contributed by atoms with Crippen molar-refractivity contribution < 1.29 is 9.53 Å². The number of carbonyl (C=O) groups is 1. The lowest BCUT2D eigenvalue weighted by molar-refractivity contribution is 0.0303. The number of nitrogens with one attached hydrogen (secondary N) is 1. The molecule has 0 aliphatic carbocycles. The number of amides is 1. The topological polar surface area (TPSA) is 38.3 Å². The number of ether oxygens (including phenoxy) is 1. The minimum atomic E-state index is -0.424. The third kappa shape index (κ3) is 1.45. The van der Waals surface area contributed by atoms with Crippen LogP contribution >= 0.6 is 0 Å². The van der Waals surface area contributed by atoms with Crippen LogP contribution < -0.4 is 5.32 Å². The third-order valence-corrected chi connectivity index (χ3v) is 1.77. The lowest BCUT2D eigenvalue weighted by atomic mass is 9.86. The van der Waals surface area contributed by atoms with Crippen molar-refractivity contribution >= 4 is 6.09 Å². The highest BCUT2D eigenvalue weighted by Gasteiger charge is 2.35. The highest BCUT2D eigenvalue weighted by atomic mass is 16.6. The first kappa shape index (κ1) is 7.93. The second-order valence-electron chi connectivity index (χ2n) is 3.29. The van der Waals surface area contributed by atoms with Gasteiger partial charge in [-0.25, -0.2) is 4.79 Å². The highest BCUT2D eigenvalue weighted by molar-refractivity contribution is 5.68. The van der Waals surface area contributed by atoms with Gasteiger partial charge in [-0.05, 0) is 0 Å². The first-order valence-electron chi connectivity index (χ1n) is 3.47. The third-order valence-electron chi connectivity index (χ3n) is 1.77. The molecule has 1 aliphatic heterocycles. The summed E-state index contributed by atoms with van der Waals surface area (Å²) in [7, 11) is 0. The molecule has 1 N–H and O–H groups in total. The van der Waals surface area contributed by atoms with Gasteiger partial charge in [-0.3, -0.25) is 0 Å². The summed E-state index contributed by atoms with van der Waals surface area (Å²) in [5.74, 6) is 2.44. The van der Waals surface area contributed by atoms with Crippen LogP contribution in [-0.2, 0) is 4.74 Å². The van der Waals surface area contributed by atoms with Gasteiger partial charge in [0, 0.05) is 12.0 Å². The van der Waals surface area contributed by atoms with Crippen LogP contribution in [-0.4, -0.2) is 18.7 Å². The molecule has 0 aromatic carbocycles. The van der Waals surface area contributed by atoms with Gasteiger partial charge in [-0.1, -0.05) is 19.8 Å². The van der Waals surface area contributed by atoms with Gasteiger partial charge in [0.2, 0.25) is 0 Å². The number of carbonyl (C=O) groups excluding carboxylic acids is 1. The fourth-order valence-corrected chi connectivity index (χ4v) is 0.961. The standard InChI is InChI=1S/C8H11NO2/c1-4-6-8(2,3)5-9-7(10)11-6/h1,6H,5H2,2-3H3,(H,9,10)/t6-/m1/s1. The molecule has 3 nitrogen and oxygen atoms in total. The first-order valence-corrected chi connectivity index (χ1v) is 3.47. The van der Waals surface area contributed by atoms with Gasteiger partial charge in [-0.15, -0.1) is 6.42 Å². The summed E-state index contributed by atoms with van der Waals surface area (Å²) in [6.45, 7) is 4.48. The Morgan fingerprint density at radius 3 is 2.91 bits per heavy atom. The number of alkyl carbamates (subject to hydrolysis) is 1. The Morgan fingerprint density at radius 2 is 2.45 bits per heavy atom. The fraction of sp³-hybridized carbons (Fsp3) is 0.625. The maximum Gasteiger partial charge on any atom is 0.408 e. The summed E-state index contributed by atoms with van der Waals surface area (Å²) >= 11 is 0. The summed E-state index contributed by atoms with van der Waals surface area (Å²) in [6.07, 6.45) is 4.36. The molecule has 0 unspecified atom stereocenters. The quantitative estimate of drug-likeness (QED) is 0.521. The molecule has 1 rings (SSSR count). The van der Waals surface area contributed by atoms with E-state index in [1.54, 1.807) is 0 Å². The lowest BCUT2D eigenvalue weighted by Crippen LogP contribution is -2.49. The number of hydrogen-bond donors (Lipinski definition) is 1. The molecule has 0 aromatic heterocycles. The predicted octanol–water partition coefficient (Wildman–Crippen LogP) is 0.754. The van der Waals surface area contributed by atoms with Crippen molar-refractivity contribution in [3.63, 3.8) is 0 Å². The Labute approximate surface area is 66.1 Å². The molecule has 1 aliphatic rings. The molecule has 60 valence electrons. The van der Waals surface area contributed by atoms with Crippen molar-refractivity contribution in [1.29, 1.82) is 0 Å². The molecule has 1 atom stereocenters. The van der Waals surface area contributed by atoms with Crippen LogP contribution in [0, 0.1) is 17.8 Å². The van der Waals surface area contributed by atoms with Crippen LogP contribution in [0.5, 0.6) is 0 Å². The molecule has 1 saturated heterocycles. The second-order valence-corrected chi connectivity index (χ2v) is 3.29. The lowest BCUT2D eigenvalue weighted by Gasteiger charge is -2.34. The van der Waals surface area contributed by atoms with E-state index < -0.39 is 12.2 Å². The molecule has 0 spiro atoms. The van der Waals surface area contributed by atoms with Crippen molar-refractivity contribution in [2.24, 2.45) is 5.41 Å². The van der Waals surface area contributed by atoms with Gasteiger partial charge >= 0.3 is 6.09 Å². The van der Waals surface area contributed by atoms with Crippen molar-refractivity contribution in [2.75, 3.05) is 6.54 Å². The maximum atomic E-state index is 10.7. The van der Waals surface area contributed by atoms with E-state index in [0.717, 1.165) is 0 Å². The minimum absolute atomic E-state index is 0.164. The molecule has 1 heterocycles. The van der Waals surface area contributed by atoms with E-state index in [9.17, 15) is 4.79 Å². The smallest absolute Gasteiger partial charge is 0.408 e. The summed E-state index contributed by atoms with van der Waals surface area (Å²) in [6, 6.07) is 0. The van der Waals surface area contributed by atoms with Gasteiger partial charge in [0.1, 0.15) is 0 Å². The van der Waals surface area contributed by atoms with Gasteiger partial charge in [0.15, 0.2) is 6.10 Å². The summed E-state index contributed by atoms with van der Waals surface area (Å²) in [5.41, 5.74) is -0.164. The van der Waals surface area contributed by atoms with Crippen LogP contribution in [0.15, 0.2) is 0 Å². The zero-order chi connectivity index (χ0) is 8.48. The highest BCUT2D eigenvalue weighted by Crippen LogP contribution is 2.24. The number of terminal acetylenes is 1. The predicted molar refractivity (Wildman–Crippen MR) is 40.9 cm³/mol. The molecule has 0 saturated carbocycles. The van der Waals surface area contributed by atoms with Crippen LogP contribution in [0.2, 0.25) is 0 Å². The van der Waals surface area contributed by atoms with Gasteiger partial charge < -0.3 is 10.1 Å². The molecule has 0 aromatic rings. The molecule has 11 heavy (non-hydrogen) atoms. The van der Waals surface area contributed by atoms with Gasteiger partial charge in [0.05, 0.1) is 0 Å². The molecular weight excluding hydrogens is 142 g/mol. The van der Waals surface area contributed by atoms with E-state index in [-0.39, 0.29) is 5.41 Å².